The van der Waals surface area contributed by atoms with Crippen LogP contribution in [0.25, 0.3) is 0 Å². The van der Waals surface area contributed by atoms with Gasteiger partial charge >= 0.3 is 0 Å². The average Bonchev–Trinajstić information content (AvgIpc) is 2.64. The fourth-order valence-electron chi connectivity index (χ4n) is 2.83. The molecule has 26 heavy (non-hydrogen) atoms. The Bertz CT molecular complexity index is 632. The first kappa shape index (κ1) is 20.6. The van der Waals surface area contributed by atoms with Gasteiger partial charge in [0.15, 0.2) is 5.96 Å². The van der Waals surface area contributed by atoms with Gasteiger partial charge in [-0.3, -0.25) is 14.7 Å². The van der Waals surface area contributed by atoms with Crippen molar-refractivity contribution in [3.8, 4) is 0 Å². The Balaban J connectivity index is 1.78. The van der Waals surface area contributed by atoms with Crippen LogP contribution in [-0.2, 0) is 11.3 Å². The number of aliphatic imine (C=N–C) groups is 1. The van der Waals surface area contributed by atoms with Crippen molar-refractivity contribution in [3.63, 3.8) is 0 Å². The van der Waals surface area contributed by atoms with E-state index < -0.39 is 0 Å². The van der Waals surface area contributed by atoms with E-state index in [-0.39, 0.29) is 18.3 Å². The largest absolute Gasteiger partial charge is 0.355 e. The summed E-state index contributed by atoms with van der Waals surface area (Å²) >= 11 is 3.18. The highest BCUT2D eigenvalue weighted by molar-refractivity contribution is 9.10. The highest BCUT2D eigenvalue weighted by Crippen LogP contribution is 2.18. The lowest BCUT2D eigenvalue weighted by Gasteiger charge is -2.36. The van der Waals surface area contributed by atoms with Crippen molar-refractivity contribution < 1.29 is 9.18 Å². The molecule has 1 saturated heterocycles. The zero-order valence-corrected chi connectivity index (χ0v) is 17.0. The van der Waals surface area contributed by atoms with Gasteiger partial charge in [0.05, 0.1) is 11.0 Å². The standard InChI is InChI=1S/C18H27BrFN5O/c1-3-6-22-17(26)12-23-18(21-2)25-9-7-24(8-10-25)13-14-4-5-15(19)16(20)11-14/h4-5,11H,3,6-10,12-13H2,1-2H3,(H,21,23)(H,22,26). The fraction of sp³-hybridized carbons (Fsp3) is 0.556. The SMILES string of the molecule is CCCNC(=O)CNC(=NC)N1CCN(Cc2ccc(Br)c(F)c2)CC1. The zero-order chi connectivity index (χ0) is 18.9. The molecule has 0 aromatic heterocycles. The monoisotopic (exact) mass is 427 g/mol. The number of carbonyl (C=O) groups excluding carboxylic acids is 1. The Morgan fingerprint density at radius 1 is 1.27 bits per heavy atom. The molecule has 0 radical (unpaired) electrons. The van der Waals surface area contributed by atoms with Crippen LogP contribution in [0.4, 0.5) is 4.39 Å². The van der Waals surface area contributed by atoms with E-state index in [2.05, 4.69) is 41.4 Å². The lowest BCUT2D eigenvalue weighted by Crippen LogP contribution is -2.53. The number of halogens is 2. The summed E-state index contributed by atoms with van der Waals surface area (Å²) in [6, 6.07) is 5.26. The maximum absolute atomic E-state index is 13.6. The lowest BCUT2D eigenvalue weighted by atomic mass is 10.2. The molecule has 0 atom stereocenters. The molecule has 2 N–H and O–H groups in total. The summed E-state index contributed by atoms with van der Waals surface area (Å²) in [4.78, 5) is 20.4. The summed E-state index contributed by atoms with van der Waals surface area (Å²) < 4.78 is 14.1. The normalized spacial score (nSPS) is 15.8. The predicted octanol–water partition coefficient (Wildman–Crippen LogP) is 1.81. The number of benzene rings is 1. The molecular weight excluding hydrogens is 401 g/mol. The van der Waals surface area contributed by atoms with E-state index in [9.17, 15) is 9.18 Å². The summed E-state index contributed by atoms with van der Waals surface area (Å²) in [5.41, 5.74) is 0.967. The first-order valence-electron chi connectivity index (χ1n) is 8.92. The van der Waals surface area contributed by atoms with Crippen LogP contribution < -0.4 is 10.6 Å². The van der Waals surface area contributed by atoms with Crippen LogP contribution in [0.1, 0.15) is 18.9 Å². The molecule has 1 heterocycles. The number of carbonyl (C=O) groups is 1. The minimum atomic E-state index is -0.230. The highest BCUT2D eigenvalue weighted by atomic mass is 79.9. The van der Waals surface area contributed by atoms with Crippen LogP contribution in [-0.4, -0.2) is 68.0 Å². The Morgan fingerprint density at radius 3 is 2.62 bits per heavy atom. The van der Waals surface area contributed by atoms with Crippen LogP contribution in [0.5, 0.6) is 0 Å². The third-order valence-corrected chi connectivity index (χ3v) is 4.90. The van der Waals surface area contributed by atoms with Gasteiger partial charge < -0.3 is 15.5 Å². The molecule has 1 aromatic rings. The zero-order valence-electron chi connectivity index (χ0n) is 15.4. The van der Waals surface area contributed by atoms with E-state index in [1.165, 1.54) is 0 Å². The molecule has 6 nitrogen and oxygen atoms in total. The second-order valence-corrected chi connectivity index (χ2v) is 7.12. The van der Waals surface area contributed by atoms with Crippen molar-refractivity contribution in [2.75, 3.05) is 46.3 Å². The minimum Gasteiger partial charge on any atom is -0.355 e. The second kappa shape index (κ2) is 10.5. The first-order chi connectivity index (χ1) is 12.5. The van der Waals surface area contributed by atoms with Gasteiger partial charge in [-0.25, -0.2) is 4.39 Å². The number of guanidine groups is 1. The molecule has 0 bridgehead atoms. The van der Waals surface area contributed by atoms with Gasteiger partial charge in [-0.15, -0.1) is 0 Å². The Labute approximate surface area is 163 Å². The van der Waals surface area contributed by atoms with Crippen LogP contribution >= 0.6 is 15.9 Å². The van der Waals surface area contributed by atoms with Gasteiger partial charge in [0.25, 0.3) is 0 Å². The molecule has 0 aliphatic carbocycles. The quantitative estimate of drug-likeness (QED) is 0.536. The van der Waals surface area contributed by atoms with E-state index in [0.717, 1.165) is 50.7 Å². The van der Waals surface area contributed by atoms with E-state index in [0.29, 0.717) is 11.0 Å². The molecule has 8 heteroatoms. The smallest absolute Gasteiger partial charge is 0.239 e. The molecule has 2 rings (SSSR count). The van der Waals surface area contributed by atoms with Crippen LogP contribution in [0, 0.1) is 5.82 Å². The summed E-state index contributed by atoms with van der Waals surface area (Å²) in [5.74, 6) is 0.488. The van der Waals surface area contributed by atoms with E-state index in [1.54, 1.807) is 19.2 Å². The third kappa shape index (κ3) is 6.25. The van der Waals surface area contributed by atoms with E-state index in [4.69, 9.17) is 0 Å². The number of hydrogen-bond donors (Lipinski definition) is 2. The maximum Gasteiger partial charge on any atom is 0.239 e. The van der Waals surface area contributed by atoms with Gasteiger partial charge in [0.1, 0.15) is 5.82 Å². The Hall–Kier alpha value is -1.67. The van der Waals surface area contributed by atoms with Crippen molar-refractivity contribution >= 4 is 27.8 Å². The second-order valence-electron chi connectivity index (χ2n) is 6.26. The van der Waals surface area contributed by atoms with Gasteiger partial charge in [-0.05, 0) is 40.0 Å². The Morgan fingerprint density at radius 2 is 2.00 bits per heavy atom. The van der Waals surface area contributed by atoms with Crippen molar-refractivity contribution in [2.24, 2.45) is 4.99 Å². The molecule has 144 valence electrons. The molecule has 1 aliphatic heterocycles. The topological polar surface area (TPSA) is 60.0 Å². The van der Waals surface area contributed by atoms with Crippen LogP contribution in [0.3, 0.4) is 0 Å². The molecule has 0 spiro atoms. The molecule has 1 amide bonds. The molecule has 1 fully saturated rings. The third-order valence-electron chi connectivity index (χ3n) is 4.25. The van der Waals surface area contributed by atoms with Crippen molar-refractivity contribution in [2.45, 2.75) is 19.9 Å². The molecule has 0 unspecified atom stereocenters. The summed E-state index contributed by atoms with van der Waals surface area (Å²) in [7, 11) is 1.73. The van der Waals surface area contributed by atoms with Gasteiger partial charge in [-0.1, -0.05) is 13.0 Å². The minimum absolute atomic E-state index is 0.0242. The van der Waals surface area contributed by atoms with E-state index in [1.807, 2.05) is 13.0 Å². The summed E-state index contributed by atoms with van der Waals surface area (Å²) in [6.07, 6.45) is 0.921. The predicted molar refractivity (Wildman–Crippen MR) is 106 cm³/mol. The lowest BCUT2D eigenvalue weighted by molar-refractivity contribution is -0.120. The molecule has 1 aliphatic rings. The number of rotatable bonds is 6. The average molecular weight is 428 g/mol. The summed E-state index contributed by atoms with van der Waals surface area (Å²) in [6.45, 7) is 7.02. The number of hydrogen-bond acceptors (Lipinski definition) is 3. The maximum atomic E-state index is 13.6. The van der Waals surface area contributed by atoms with Crippen LogP contribution in [0.15, 0.2) is 27.7 Å². The first-order valence-corrected chi connectivity index (χ1v) is 9.71. The number of amides is 1. The molecular formula is C18H27BrFN5O. The van der Waals surface area contributed by atoms with Gasteiger partial charge in [0.2, 0.25) is 5.91 Å². The van der Waals surface area contributed by atoms with E-state index >= 15 is 0 Å². The van der Waals surface area contributed by atoms with Gasteiger partial charge in [0, 0.05) is 46.3 Å². The molecule has 0 saturated carbocycles. The number of nitrogens with one attached hydrogen (secondary N) is 2. The fourth-order valence-corrected chi connectivity index (χ4v) is 3.08. The highest BCUT2D eigenvalue weighted by Gasteiger charge is 2.20. The van der Waals surface area contributed by atoms with Crippen LogP contribution in [0.2, 0.25) is 0 Å². The molecule has 1 aromatic carbocycles. The van der Waals surface area contributed by atoms with Crippen molar-refractivity contribution in [3.05, 3.63) is 34.1 Å². The van der Waals surface area contributed by atoms with Crippen molar-refractivity contribution in [1.82, 2.24) is 20.4 Å². The van der Waals surface area contributed by atoms with Gasteiger partial charge in [-0.2, -0.15) is 0 Å². The summed E-state index contributed by atoms with van der Waals surface area (Å²) in [5, 5.41) is 5.96. The Kier molecular flexibility index (Phi) is 8.31. The van der Waals surface area contributed by atoms with Crippen molar-refractivity contribution in [1.29, 1.82) is 0 Å². The number of nitrogens with zero attached hydrogens (tertiary/aromatic N) is 3. The number of piperazine rings is 1.